The van der Waals surface area contributed by atoms with E-state index in [0.717, 1.165) is 28.3 Å². The van der Waals surface area contributed by atoms with Gasteiger partial charge in [0, 0.05) is 12.4 Å². The van der Waals surface area contributed by atoms with Crippen molar-refractivity contribution in [2.24, 2.45) is 0 Å². The second kappa shape index (κ2) is 5.93. The van der Waals surface area contributed by atoms with E-state index in [1.165, 1.54) is 0 Å². The average Bonchev–Trinajstić information content (AvgIpc) is 2.56. The molecular formula is C17H12N4. The molecule has 3 aromatic heterocycles. The van der Waals surface area contributed by atoms with E-state index in [-0.39, 0.29) is 0 Å². The van der Waals surface area contributed by atoms with E-state index < -0.39 is 0 Å². The van der Waals surface area contributed by atoms with E-state index in [2.05, 4.69) is 21.0 Å². The molecular weight excluding hydrogens is 260 g/mol. The molecule has 0 radical (unpaired) electrons. The quantitative estimate of drug-likeness (QED) is 0.734. The van der Waals surface area contributed by atoms with Crippen LogP contribution in [0.4, 0.5) is 0 Å². The average molecular weight is 272 g/mol. The molecule has 21 heavy (non-hydrogen) atoms. The summed E-state index contributed by atoms with van der Waals surface area (Å²) >= 11 is 0. The number of rotatable bonds is 3. The van der Waals surface area contributed by atoms with Gasteiger partial charge < -0.3 is 0 Å². The fraction of sp³-hybridized carbons (Fsp3) is 0.0588. The van der Waals surface area contributed by atoms with Gasteiger partial charge in [0.1, 0.15) is 0 Å². The van der Waals surface area contributed by atoms with Gasteiger partial charge in [0.05, 0.1) is 35.3 Å². The van der Waals surface area contributed by atoms with Gasteiger partial charge in [-0.05, 0) is 42.0 Å². The summed E-state index contributed by atoms with van der Waals surface area (Å²) in [4.78, 5) is 13.2. The monoisotopic (exact) mass is 272 g/mol. The molecule has 0 saturated carbocycles. The number of nitrogens with zero attached hydrogens (tertiary/aromatic N) is 4. The highest BCUT2D eigenvalue weighted by Gasteiger charge is 2.05. The lowest BCUT2D eigenvalue weighted by Crippen LogP contribution is -1.93. The Kier molecular flexibility index (Phi) is 3.66. The van der Waals surface area contributed by atoms with Crippen LogP contribution in [0.1, 0.15) is 5.56 Å². The zero-order chi connectivity index (χ0) is 14.5. The number of aromatic nitrogens is 3. The number of pyridine rings is 3. The van der Waals surface area contributed by atoms with Crippen LogP contribution >= 0.6 is 0 Å². The van der Waals surface area contributed by atoms with Crippen LogP contribution in [0.5, 0.6) is 0 Å². The molecule has 0 atom stereocenters. The molecule has 0 unspecified atom stereocenters. The van der Waals surface area contributed by atoms with Crippen molar-refractivity contribution in [2.45, 2.75) is 6.42 Å². The highest BCUT2D eigenvalue weighted by Crippen LogP contribution is 2.20. The van der Waals surface area contributed by atoms with Crippen LogP contribution in [0.3, 0.4) is 0 Å². The molecule has 0 saturated heterocycles. The highest BCUT2D eigenvalue weighted by molar-refractivity contribution is 5.61. The fourth-order valence-corrected chi connectivity index (χ4v) is 2.05. The van der Waals surface area contributed by atoms with Crippen molar-refractivity contribution >= 4 is 0 Å². The van der Waals surface area contributed by atoms with E-state index in [1.54, 1.807) is 12.4 Å². The van der Waals surface area contributed by atoms with Crippen molar-refractivity contribution in [3.8, 4) is 28.8 Å². The largest absolute Gasteiger partial charge is 0.255 e. The van der Waals surface area contributed by atoms with Gasteiger partial charge in [0.15, 0.2) is 0 Å². The minimum Gasteiger partial charge on any atom is -0.255 e. The van der Waals surface area contributed by atoms with Crippen molar-refractivity contribution < 1.29 is 0 Å². The van der Waals surface area contributed by atoms with Crippen molar-refractivity contribution in [1.82, 2.24) is 15.0 Å². The molecule has 3 rings (SSSR count). The first kappa shape index (κ1) is 12.9. The van der Waals surface area contributed by atoms with E-state index in [4.69, 9.17) is 5.26 Å². The zero-order valence-electron chi connectivity index (χ0n) is 11.3. The van der Waals surface area contributed by atoms with Crippen LogP contribution in [-0.2, 0) is 6.42 Å². The molecule has 0 N–H and O–H groups in total. The maximum atomic E-state index is 8.78. The minimum absolute atomic E-state index is 0.370. The Morgan fingerprint density at radius 1 is 0.810 bits per heavy atom. The summed E-state index contributed by atoms with van der Waals surface area (Å²) in [5, 5.41) is 8.78. The van der Waals surface area contributed by atoms with Gasteiger partial charge >= 0.3 is 0 Å². The van der Waals surface area contributed by atoms with Crippen LogP contribution in [0.25, 0.3) is 22.8 Å². The van der Waals surface area contributed by atoms with E-state index in [1.807, 2.05) is 48.5 Å². The normalized spacial score (nSPS) is 10.0. The first-order valence-electron chi connectivity index (χ1n) is 6.57. The lowest BCUT2D eigenvalue weighted by Gasteiger charge is -2.04. The summed E-state index contributed by atoms with van der Waals surface area (Å²) in [7, 11) is 0. The second-order valence-electron chi connectivity index (χ2n) is 4.51. The topological polar surface area (TPSA) is 62.5 Å². The van der Waals surface area contributed by atoms with Crippen LogP contribution in [0.15, 0.2) is 60.9 Å². The number of hydrogen-bond donors (Lipinski definition) is 0. The van der Waals surface area contributed by atoms with Gasteiger partial charge in [-0.25, -0.2) is 4.98 Å². The molecule has 0 aliphatic heterocycles. The summed E-state index contributed by atoms with van der Waals surface area (Å²) in [5.41, 5.74) is 4.11. The van der Waals surface area contributed by atoms with Gasteiger partial charge in [-0.15, -0.1) is 0 Å². The maximum absolute atomic E-state index is 8.78. The molecule has 100 valence electrons. The molecule has 0 spiro atoms. The predicted molar refractivity (Wildman–Crippen MR) is 80.0 cm³/mol. The Labute approximate surface area is 122 Å². The molecule has 0 bridgehead atoms. The number of hydrogen-bond acceptors (Lipinski definition) is 4. The molecule has 0 aromatic carbocycles. The van der Waals surface area contributed by atoms with Crippen molar-refractivity contribution in [1.29, 1.82) is 5.26 Å². The molecule has 3 aromatic rings. The fourth-order valence-electron chi connectivity index (χ4n) is 2.05. The third-order valence-corrected chi connectivity index (χ3v) is 3.05. The van der Waals surface area contributed by atoms with Gasteiger partial charge in [-0.3, -0.25) is 9.97 Å². The van der Waals surface area contributed by atoms with Crippen LogP contribution in [0.2, 0.25) is 0 Å². The molecule has 0 aliphatic carbocycles. The van der Waals surface area contributed by atoms with Crippen LogP contribution in [-0.4, -0.2) is 15.0 Å². The van der Waals surface area contributed by atoms with Gasteiger partial charge in [-0.1, -0.05) is 12.1 Å². The molecule has 4 nitrogen and oxygen atoms in total. The van der Waals surface area contributed by atoms with Crippen molar-refractivity contribution in [3.63, 3.8) is 0 Å². The highest BCUT2D eigenvalue weighted by atomic mass is 14.8. The standard InChI is InChI=1S/C17H12N4/c18-9-7-13-8-11-20-17(12-13)16-6-3-5-15(21-16)14-4-1-2-10-19-14/h1-6,8,10-12H,7H2. The summed E-state index contributed by atoms with van der Waals surface area (Å²) in [6.45, 7) is 0. The van der Waals surface area contributed by atoms with Crippen molar-refractivity contribution in [2.75, 3.05) is 0 Å². The summed E-state index contributed by atoms with van der Waals surface area (Å²) in [6.07, 6.45) is 3.82. The smallest absolute Gasteiger partial charge is 0.0894 e. The SMILES string of the molecule is N#CCc1ccnc(-c2cccc(-c3ccccn3)n2)c1. The summed E-state index contributed by atoms with van der Waals surface area (Å²) in [6, 6.07) is 17.4. The number of nitriles is 1. The predicted octanol–water partition coefficient (Wildman–Crippen LogP) is 3.27. The first-order valence-corrected chi connectivity index (χ1v) is 6.57. The second-order valence-corrected chi connectivity index (χ2v) is 4.51. The van der Waals surface area contributed by atoms with Crippen molar-refractivity contribution in [3.05, 3.63) is 66.5 Å². The first-order chi connectivity index (χ1) is 10.4. The molecule has 4 heteroatoms. The van der Waals surface area contributed by atoms with E-state index in [9.17, 15) is 0 Å². The Balaban J connectivity index is 2.00. The lowest BCUT2D eigenvalue weighted by atomic mass is 10.1. The third kappa shape index (κ3) is 2.93. The Hall–Kier alpha value is -3.06. The van der Waals surface area contributed by atoms with E-state index >= 15 is 0 Å². The lowest BCUT2D eigenvalue weighted by molar-refractivity contribution is 1.18. The zero-order valence-corrected chi connectivity index (χ0v) is 11.3. The molecule has 0 aliphatic rings. The van der Waals surface area contributed by atoms with Crippen LogP contribution in [0, 0.1) is 11.3 Å². The van der Waals surface area contributed by atoms with E-state index in [0.29, 0.717) is 6.42 Å². The Morgan fingerprint density at radius 2 is 1.57 bits per heavy atom. The van der Waals surface area contributed by atoms with Crippen LogP contribution < -0.4 is 0 Å². The molecule has 0 fully saturated rings. The Morgan fingerprint density at radius 3 is 2.33 bits per heavy atom. The summed E-state index contributed by atoms with van der Waals surface area (Å²) < 4.78 is 0. The Bertz CT molecular complexity index is 791. The minimum atomic E-state index is 0.370. The van der Waals surface area contributed by atoms with Gasteiger partial charge in [-0.2, -0.15) is 5.26 Å². The third-order valence-electron chi connectivity index (χ3n) is 3.05. The summed E-state index contributed by atoms with van der Waals surface area (Å²) in [5.74, 6) is 0. The van der Waals surface area contributed by atoms with Gasteiger partial charge in [0.2, 0.25) is 0 Å². The maximum Gasteiger partial charge on any atom is 0.0894 e. The van der Waals surface area contributed by atoms with Gasteiger partial charge in [0.25, 0.3) is 0 Å². The molecule has 3 heterocycles. The molecule has 0 amide bonds.